The standard InChI is InChI=1S/C17H20FN3OS/c18-13-5-3-12(4-6-13)8-16-20-14(11-23-16)9-17(22)21-7-1-2-15(21)10-19/h3-6,11,15H,1-2,7-10,19H2. The Balaban J connectivity index is 1.60. The summed E-state index contributed by atoms with van der Waals surface area (Å²) in [7, 11) is 0. The number of nitrogens with zero attached hydrogens (tertiary/aromatic N) is 2. The van der Waals surface area contributed by atoms with Crippen LogP contribution in [0.5, 0.6) is 0 Å². The number of carbonyl (C=O) groups is 1. The Morgan fingerprint density at radius 2 is 2.17 bits per heavy atom. The number of hydrogen-bond donors (Lipinski definition) is 1. The number of amides is 1. The Morgan fingerprint density at radius 1 is 1.39 bits per heavy atom. The highest BCUT2D eigenvalue weighted by atomic mass is 32.1. The molecule has 0 radical (unpaired) electrons. The Kier molecular flexibility index (Phi) is 5.03. The Labute approximate surface area is 139 Å². The zero-order valence-electron chi connectivity index (χ0n) is 12.9. The van der Waals surface area contributed by atoms with Crippen LogP contribution in [-0.4, -0.2) is 34.9 Å². The summed E-state index contributed by atoms with van der Waals surface area (Å²) in [4.78, 5) is 18.8. The van der Waals surface area contributed by atoms with Crippen LogP contribution in [0.3, 0.4) is 0 Å². The van der Waals surface area contributed by atoms with Crippen LogP contribution in [-0.2, 0) is 17.6 Å². The highest BCUT2D eigenvalue weighted by molar-refractivity contribution is 7.09. The van der Waals surface area contributed by atoms with Gasteiger partial charge in [0.15, 0.2) is 0 Å². The van der Waals surface area contributed by atoms with Crippen molar-refractivity contribution in [3.63, 3.8) is 0 Å². The molecule has 1 aromatic carbocycles. The van der Waals surface area contributed by atoms with Crippen molar-refractivity contribution >= 4 is 17.2 Å². The number of benzene rings is 1. The van der Waals surface area contributed by atoms with Gasteiger partial charge in [0, 0.05) is 30.9 Å². The minimum Gasteiger partial charge on any atom is -0.338 e. The van der Waals surface area contributed by atoms with Gasteiger partial charge in [-0.3, -0.25) is 4.79 Å². The zero-order chi connectivity index (χ0) is 16.2. The second-order valence-electron chi connectivity index (χ2n) is 5.83. The smallest absolute Gasteiger partial charge is 0.228 e. The van der Waals surface area contributed by atoms with Crippen molar-refractivity contribution in [1.82, 2.24) is 9.88 Å². The van der Waals surface area contributed by atoms with Crippen LogP contribution in [0.25, 0.3) is 0 Å². The van der Waals surface area contributed by atoms with Crippen molar-refractivity contribution in [2.24, 2.45) is 5.73 Å². The molecule has 6 heteroatoms. The molecule has 1 fully saturated rings. The molecule has 1 atom stereocenters. The summed E-state index contributed by atoms with van der Waals surface area (Å²) in [6.45, 7) is 1.33. The molecule has 0 spiro atoms. The van der Waals surface area contributed by atoms with Crippen LogP contribution < -0.4 is 5.73 Å². The maximum Gasteiger partial charge on any atom is 0.228 e. The largest absolute Gasteiger partial charge is 0.338 e. The van der Waals surface area contributed by atoms with E-state index in [1.165, 1.54) is 23.5 Å². The number of halogens is 1. The number of nitrogens with two attached hydrogens (primary N) is 1. The lowest BCUT2D eigenvalue weighted by Gasteiger charge is -2.23. The molecule has 2 heterocycles. The third-order valence-electron chi connectivity index (χ3n) is 4.17. The lowest BCUT2D eigenvalue weighted by atomic mass is 10.1. The molecule has 1 saturated heterocycles. The van der Waals surface area contributed by atoms with Gasteiger partial charge in [0.2, 0.25) is 5.91 Å². The lowest BCUT2D eigenvalue weighted by molar-refractivity contribution is -0.131. The van der Waals surface area contributed by atoms with Gasteiger partial charge in [-0.1, -0.05) is 12.1 Å². The average molecular weight is 333 g/mol. The fourth-order valence-corrected chi connectivity index (χ4v) is 3.78. The van der Waals surface area contributed by atoms with Crippen molar-refractivity contribution < 1.29 is 9.18 Å². The van der Waals surface area contributed by atoms with Gasteiger partial charge >= 0.3 is 0 Å². The fraction of sp³-hybridized carbons (Fsp3) is 0.412. The van der Waals surface area contributed by atoms with E-state index in [4.69, 9.17) is 5.73 Å². The molecule has 0 aliphatic carbocycles. The van der Waals surface area contributed by atoms with E-state index < -0.39 is 0 Å². The van der Waals surface area contributed by atoms with Crippen LogP contribution in [0.4, 0.5) is 4.39 Å². The molecule has 0 saturated carbocycles. The van der Waals surface area contributed by atoms with Crippen LogP contribution in [0.2, 0.25) is 0 Å². The SMILES string of the molecule is NCC1CCCN1C(=O)Cc1csc(Cc2ccc(F)cc2)n1. The first-order chi connectivity index (χ1) is 11.2. The molecular formula is C17H20FN3OS. The molecular weight excluding hydrogens is 313 g/mol. The van der Waals surface area contributed by atoms with Gasteiger partial charge < -0.3 is 10.6 Å². The van der Waals surface area contributed by atoms with Crippen LogP contribution >= 0.6 is 11.3 Å². The fourth-order valence-electron chi connectivity index (χ4n) is 2.95. The highest BCUT2D eigenvalue weighted by Gasteiger charge is 2.27. The van der Waals surface area contributed by atoms with E-state index in [1.807, 2.05) is 10.3 Å². The maximum atomic E-state index is 12.9. The number of rotatable bonds is 5. The Hall–Kier alpha value is -1.79. The van der Waals surface area contributed by atoms with Crippen LogP contribution in [0, 0.1) is 5.82 Å². The minimum absolute atomic E-state index is 0.108. The third kappa shape index (κ3) is 3.95. The minimum atomic E-state index is -0.237. The van der Waals surface area contributed by atoms with Gasteiger partial charge in [0.05, 0.1) is 17.1 Å². The first-order valence-corrected chi connectivity index (χ1v) is 8.71. The number of likely N-dealkylation sites (tertiary alicyclic amines) is 1. The van der Waals surface area contributed by atoms with E-state index in [0.717, 1.165) is 35.7 Å². The molecule has 1 aliphatic rings. The second-order valence-corrected chi connectivity index (χ2v) is 6.77. The van der Waals surface area contributed by atoms with Crippen molar-refractivity contribution in [3.05, 3.63) is 51.7 Å². The van der Waals surface area contributed by atoms with E-state index >= 15 is 0 Å². The third-order valence-corrected chi connectivity index (χ3v) is 5.07. The monoisotopic (exact) mass is 333 g/mol. The van der Waals surface area contributed by atoms with Crippen LogP contribution in [0.1, 0.15) is 29.1 Å². The lowest BCUT2D eigenvalue weighted by Crippen LogP contribution is -2.40. The molecule has 122 valence electrons. The van der Waals surface area contributed by atoms with Crippen LogP contribution in [0.15, 0.2) is 29.6 Å². The molecule has 3 rings (SSSR count). The molecule has 0 bridgehead atoms. The predicted molar refractivity (Wildman–Crippen MR) is 88.8 cm³/mol. The number of aromatic nitrogens is 1. The molecule has 2 N–H and O–H groups in total. The summed E-state index contributed by atoms with van der Waals surface area (Å²) < 4.78 is 12.9. The van der Waals surface area contributed by atoms with E-state index in [0.29, 0.717) is 19.4 Å². The van der Waals surface area contributed by atoms with Gasteiger partial charge in [-0.25, -0.2) is 9.37 Å². The van der Waals surface area contributed by atoms with E-state index in [-0.39, 0.29) is 17.8 Å². The zero-order valence-corrected chi connectivity index (χ0v) is 13.7. The summed E-state index contributed by atoms with van der Waals surface area (Å²) >= 11 is 1.54. The van der Waals surface area contributed by atoms with Gasteiger partial charge in [0.1, 0.15) is 5.82 Å². The number of thiazole rings is 1. The van der Waals surface area contributed by atoms with E-state index in [2.05, 4.69) is 4.98 Å². The van der Waals surface area contributed by atoms with Gasteiger partial charge in [-0.15, -0.1) is 11.3 Å². The van der Waals surface area contributed by atoms with Crippen molar-refractivity contribution in [2.75, 3.05) is 13.1 Å². The maximum absolute atomic E-state index is 12.9. The van der Waals surface area contributed by atoms with Gasteiger partial charge in [0.25, 0.3) is 0 Å². The summed E-state index contributed by atoms with van der Waals surface area (Å²) in [5, 5.41) is 2.88. The topological polar surface area (TPSA) is 59.2 Å². The molecule has 1 aromatic heterocycles. The highest BCUT2D eigenvalue weighted by Crippen LogP contribution is 2.19. The average Bonchev–Trinajstić information content (AvgIpc) is 3.18. The number of carbonyl (C=O) groups excluding carboxylic acids is 1. The number of hydrogen-bond acceptors (Lipinski definition) is 4. The molecule has 23 heavy (non-hydrogen) atoms. The summed E-state index contributed by atoms with van der Waals surface area (Å²) in [6, 6.07) is 6.61. The summed E-state index contributed by atoms with van der Waals surface area (Å²) in [6.07, 6.45) is 3.01. The predicted octanol–water partition coefficient (Wildman–Crippen LogP) is 2.37. The first kappa shape index (κ1) is 16.1. The molecule has 2 aromatic rings. The van der Waals surface area contributed by atoms with Gasteiger partial charge in [-0.05, 0) is 30.5 Å². The normalized spacial score (nSPS) is 17.7. The van der Waals surface area contributed by atoms with Gasteiger partial charge in [-0.2, -0.15) is 0 Å². The molecule has 1 aliphatic heterocycles. The second kappa shape index (κ2) is 7.19. The van der Waals surface area contributed by atoms with E-state index in [9.17, 15) is 9.18 Å². The van der Waals surface area contributed by atoms with E-state index in [1.54, 1.807) is 12.1 Å². The molecule has 1 amide bonds. The first-order valence-electron chi connectivity index (χ1n) is 7.83. The van der Waals surface area contributed by atoms with Crippen molar-refractivity contribution in [1.29, 1.82) is 0 Å². The van der Waals surface area contributed by atoms with Crippen molar-refractivity contribution in [2.45, 2.75) is 31.7 Å². The Morgan fingerprint density at radius 3 is 2.91 bits per heavy atom. The summed E-state index contributed by atoms with van der Waals surface area (Å²) in [5.74, 6) is -0.129. The molecule has 4 nitrogen and oxygen atoms in total. The quantitative estimate of drug-likeness (QED) is 0.914. The Bertz CT molecular complexity index is 671. The molecule has 1 unspecified atom stereocenters. The van der Waals surface area contributed by atoms with Crippen molar-refractivity contribution in [3.8, 4) is 0 Å². The summed E-state index contributed by atoms with van der Waals surface area (Å²) in [5.41, 5.74) is 7.54.